The maximum absolute atomic E-state index is 12.2. The predicted molar refractivity (Wildman–Crippen MR) is 76.0 cm³/mol. The van der Waals surface area contributed by atoms with E-state index in [1.165, 1.54) is 6.20 Å². The summed E-state index contributed by atoms with van der Waals surface area (Å²) in [6, 6.07) is 0. The number of nitrogens with zero attached hydrogens (tertiary/aromatic N) is 6. The number of hydrogen-bond donors (Lipinski definition) is 1. The molecule has 108 valence electrons. The summed E-state index contributed by atoms with van der Waals surface area (Å²) in [5.41, 5.74) is 1.87. The quantitative estimate of drug-likeness (QED) is 0.780. The maximum Gasteiger partial charge on any atom is 0.263 e. The summed E-state index contributed by atoms with van der Waals surface area (Å²) in [5.74, 6) is -0.0458. The Kier molecular flexibility index (Phi) is 3.35. The number of carbonyl (C=O) groups is 1. The van der Waals surface area contributed by atoms with Crippen molar-refractivity contribution in [3.8, 4) is 0 Å². The monoisotopic (exact) mass is 285 g/mol. The number of fused-ring (bicyclic) bond motifs is 1. The number of nitrogens with one attached hydrogen (secondary N) is 1. The Balaban J connectivity index is 1.83. The molecule has 0 aliphatic heterocycles. The van der Waals surface area contributed by atoms with Crippen molar-refractivity contribution >= 4 is 17.5 Å². The molecule has 8 heteroatoms. The molecule has 0 atom stereocenters. The number of aromatic nitrogens is 6. The van der Waals surface area contributed by atoms with Gasteiger partial charge >= 0.3 is 0 Å². The Morgan fingerprint density at radius 3 is 3.00 bits per heavy atom. The van der Waals surface area contributed by atoms with Crippen molar-refractivity contribution in [1.29, 1.82) is 0 Å². The summed E-state index contributed by atoms with van der Waals surface area (Å²) in [6.45, 7) is 4.73. The van der Waals surface area contributed by atoms with Crippen molar-refractivity contribution < 1.29 is 4.79 Å². The molecule has 21 heavy (non-hydrogen) atoms. The zero-order valence-corrected chi connectivity index (χ0v) is 11.8. The molecular weight excluding hydrogens is 270 g/mol. The highest BCUT2D eigenvalue weighted by Gasteiger charge is 2.15. The summed E-state index contributed by atoms with van der Waals surface area (Å²) in [4.78, 5) is 20.5. The molecule has 0 spiro atoms. The summed E-state index contributed by atoms with van der Waals surface area (Å²) < 4.78 is 3.26. The molecule has 3 heterocycles. The van der Waals surface area contributed by atoms with Crippen molar-refractivity contribution in [2.45, 2.75) is 26.8 Å². The van der Waals surface area contributed by atoms with Crippen molar-refractivity contribution in [3.63, 3.8) is 0 Å². The molecule has 0 radical (unpaired) electrons. The van der Waals surface area contributed by atoms with Crippen LogP contribution in [0.2, 0.25) is 0 Å². The first-order valence-corrected chi connectivity index (χ1v) is 6.68. The van der Waals surface area contributed by atoms with Crippen molar-refractivity contribution in [1.82, 2.24) is 29.4 Å². The average Bonchev–Trinajstić information content (AvgIpc) is 3.05. The van der Waals surface area contributed by atoms with Crippen LogP contribution in [0.3, 0.4) is 0 Å². The third kappa shape index (κ3) is 2.60. The second kappa shape index (κ2) is 5.31. The summed E-state index contributed by atoms with van der Waals surface area (Å²) in [5, 5.41) is 10.9. The standard InChI is InChI=1S/C13H15N7O/c1-3-4-19-8-15-13(18-19)17-12(21)10-6-16-20-7-9(2)5-14-11(10)20/h5-8H,3-4H2,1-2H3,(H,17,18,21). The second-order valence-corrected chi connectivity index (χ2v) is 4.74. The molecule has 1 N–H and O–H groups in total. The number of aryl methyl sites for hydroxylation is 2. The van der Waals surface area contributed by atoms with E-state index in [1.807, 2.05) is 20.0 Å². The first-order valence-electron chi connectivity index (χ1n) is 6.68. The van der Waals surface area contributed by atoms with Gasteiger partial charge in [-0.05, 0) is 18.9 Å². The topological polar surface area (TPSA) is 90.0 Å². The minimum atomic E-state index is -0.324. The number of carbonyl (C=O) groups excluding carboxylic acids is 1. The van der Waals surface area contributed by atoms with Gasteiger partial charge in [-0.3, -0.25) is 14.8 Å². The molecule has 0 saturated heterocycles. The van der Waals surface area contributed by atoms with Crippen molar-refractivity contribution in [2.24, 2.45) is 0 Å². The van der Waals surface area contributed by atoms with Crippen LogP contribution >= 0.6 is 0 Å². The Morgan fingerprint density at radius 1 is 1.33 bits per heavy atom. The van der Waals surface area contributed by atoms with E-state index in [2.05, 4.69) is 25.5 Å². The molecule has 3 aromatic rings. The van der Waals surface area contributed by atoms with Crippen LogP contribution in [0.1, 0.15) is 29.3 Å². The van der Waals surface area contributed by atoms with Crippen LogP contribution in [-0.2, 0) is 6.54 Å². The van der Waals surface area contributed by atoms with E-state index in [9.17, 15) is 4.79 Å². The number of rotatable bonds is 4. The Morgan fingerprint density at radius 2 is 2.19 bits per heavy atom. The normalized spacial score (nSPS) is 11.0. The Labute approximate surface area is 120 Å². The summed E-state index contributed by atoms with van der Waals surface area (Å²) in [6.07, 6.45) is 7.54. The van der Waals surface area contributed by atoms with Gasteiger partial charge in [0, 0.05) is 18.9 Å². The molecule has 0 saturated carbocycles. The van der Waals surface area contributed by atoms with Crippen LogP contribution in [0.15, 0.2) is 24.9 Å². The molecule has 3 aromatic heterocycles. The van der Waals surface area contributed by atoms with Crippen LogP contribution in [-0.4, -0.2) is 35.3 Å². The zero-order chi connectivity index (χ0) is 14.8. The SMILES string of the molecule is CCCn1cnc(NC(=O)c2cnn3cc(C)cnc23)n1. The lowest BCUT2D eigenvalue weighted by atomic mass is 10.3. The summed E-state index contributed by atoms with van der Waals surface area (Å²) >= 11 is 0. The Hall–Kier alpha value is -2.77. The molecule has 0 aromatic carbocycles. The van der Waals surface area contributed by atoms with Crippen molar-refractivity contribution in [3.05, 3.63) is 36.0 Å². The first-order chi connectivity index (χ1) is 10.2. The third-order valence-electron chi connectivity index (χ3n) is 2.94. The highest BCUT2D eigenvalue weighted by Crippen LogP contribution is 2.10. The molecule has 0 aliphatic carbocycles. The van der Waals surface area contributed by atoms with E-state index in [4.69, 9.17) is 0 Å². The van der Waals surface area contributed by atoms with Crippen LogP contribution in [0, 0.1) is 6.92 Å². The van der Waals surface area contributed by atoms with Crippen molar-refractivity contribution in [2.75, 3.05) is 5.32 Å². The zero-order valence-electron chi connectivity index (χ0n) is 11.8. The highest BCUT2D eigenvalue weighted by atomic mass is 16.1. The molecule has 0 fully saturated rings. The molecule has 0 bridgehead atoms. The van der Waals surface area contributed by atoms with Gasteiger partial charge in [0.15, 0.2) is 5.65 Å². The lowest BCUT2D eigenvalue weighted by Crippen LogP contribution is -2.13. The van der Waals surface area contributed by atoms with Crippen LogP contribution in [0.25, 0.3) is 5.65 Å². The molecule has 8 nitrogen and oxygen atoms in total. The predicted octanol–water partition coefficient (Wildman–Crippen LogP) is 1.29. The van der Waals surface area contributed by atoms with E-state index < -0.39 is 0 Å². The van der Waals surface area contributed by atoms with Gasteiger partial charge in [0.25, 0.3) is 5.91 Å². The van der Waals surface area contributed by atoms with Gasteiger partial charge in [0.2, 0.25) is 5.95 Å². The van der Waals surface area contributed by atoms with E-state index >= 15 is 0 Å². The molecule has 0 aliphatic rings. The van der Waals surface area contributed by atoms with Crippen LogP contribution in [0.4, 0.5) is 5.95 Å². The van der Waals surface area contributed by atoms with Gasteiger partial charge in [-0.15, -0.1) is 5.10 Å². The third-order valence-corrected chi connectivity index (χ3v) is 2.94. The average molecular weight is 285 g/mol. The summed E-state index contributed by atoms with van der Waals surface area (Å²) in [7, 11) is 0. The van der Waals surface area contributed by atoms with Crippen LogP contribution < -0.4 is 5.32 Å². The fraction of sp³-hybridized carbons (Fsp3) is 0.308. The molecule has 0 unspecified atom stereocenters. The van der Waals surface area contributed by atoms with E-state index in [0.717, 1.165) is 18.5 Å². The highest BCUT2D eigenvalue weighted by molar-refractivity contribution is 6.07. The lowest BCUT2D eigenvalue weighted by molar-refractivity contribution is 0.102. The van der Waals surface area contributed by atoms with E-state index in [1.54, 1.807) is 21.7 Å². The minimum Gasteiger partial charge on any atom is -0.289 e. The lowest BCUT2D eigenvalue weighted by Gasteiger charge is -1.99. The fourth-order valence-electron chi connectivity index (χ4n) is 1.99. The number of anilines is 1. The van der Waals surface area contributed by atoms with Gasteiger partial charge < -0.3 is 0 Å². The minimum absolute atomic E-state index is 0.278. The number of hydrogen-bond acceptors (Lipinski definition) is 5. The smallest absolute Gasteiger partial charge is 0.263 e. The Bertz CT molecular complexity index is 789. The van der Waals surface area contributed by atoms with Gasteiger partial charge in [-0.25, -0.2) is 14.5 Å². The van der Waals surface area contributed by atoms with E-state index in [-0.39, 0.29) is 11.9 Å². The molecular formula is C13H15N7O. The van der Waals surface area contributed by atoms with E-state index in [0.29, 0.717) is 11.2 Å². The largest absolute Gasteiger partial charge is 0.289 e. The number of amides is 1. The van der Waals surface area contributed by atoms with Gasteiger partial charge in [0.1, 0.15) is 11.9 Å². The van der Waals surface area contributed by atoms with Gasteiger partial charge in [-0.1, -0.05) is 6.92 Å². The maximum atomic E-state index is 12.2. The molecule has 1 amide bonds. The molecule has 3 rings (SSSR count). The second-order valence-electron chi connectivity index (χ2n) is 4.74. The van der Waals surface area contributed by atoms with Gasteiger partial charge in [0.05, 0.1) is 6.20 Å². The van der Waals surface area contributed by atoms with Crippen LogP contribution in [0.5, 0.6) is 0 Å². The van der Waals surface area contributed by atoms with Gasteiger partial charge in [-0.2, -0.15) is 5.10 Å². The first kappa shape index (κ1) is 13.2. The fourth-order valence-corrected chi connectivity index (χ4v) is 1.99.